The molecule has 0 aliphatic heterocycles. The second-order valence-corrected chi connectivity index (χ2v) is 16.1. The highest BCUT2D eigenvalue weighted by atomic mass is 35.5. The van der Waals surface area contributed by atoms with Gasteiger partial charge in [0.1, 0.15) is 23.3 Å². The molecular formula is C27H37ClN4O5Si. The number of carboxylic acid groups (broad SMARTS) is 1. The summed E-state index contributed by atoms with van der Waals surface area (Å²) >= 11 is 6.51. The van der Waals surface area contributed by atoms with Crippen LogP contribution in [-0.4, -0.2) is 65.8 Å². The van der Waals surface area contributed by atoms with Crippen LogP contribution in [0.4, 0.5) is 4.79 Å². The normalized spacial score (nSPS) is 12.9. The van der Waals surface area contributed by atoms with Gasteiger partial charge >= 0.3 is 6.09 Å². The largest absolute Gasteiger partial charge is 0.491 e. The molecule has 1 amide bonds. The fourth-order valence-corrected chi connectivity index (χ4v) is 5.20. The minimum absolute atomic E-state index is 0.0338. The summed E-state index contributed by atoms with van der Waals surface area (Å²) in [4.78, 5) is 22.0. The molecule has 0 saturated carbocycles. The Morgan fingerprint density at radius 3 is 2.47 bits per heavy atom. The number of ether oxygens (including phenoxy) is 1. The number of hydrogen-bond acceptors (Lipinski definition) is 7. The zero-order chi connectivity index (χ0) is 28.4. The van der Waals surface area contributed by atoms with Crippen molar-refractivity contribution in [3.63, 3.8) is 0 Å². The van der Waals surface area contributed by atoms with Crippen molar-refractivity contribution in [2.75, 3.05) is 20.2 Å². The first kappa shape index (κ1) is 29.6. The molecular weight excluding hydrogens is 524 g/mol. The number of nitrogens with zero attached hydrogens (tertiary/aromatic N) is 4. The second-order valence-electron chi connectivity index (χ2n) is 11.0. The number of amides is 1. The van der Waals surface area contributed by atoms with Crippen LogP contribution in [0.3, 0.4) is 0 Å². The summed E-state index contributed by atoms with van der Waals surface area (Å²) in [5, 5.41) is 13.8. The number of rotatable bonds is 9. The molecule has 0 unspecified atom stereocenters. The Kier molecular flexibility index (Phi) is 8.90. The van der Waals surface area contributed by atoms with E-state index in [1.54, 1.807) is 0 Å². The number of carbonyl (C=O) groups is 1. The van der Waals surface area contributed by atoms with Gasteiger partial charge in [0.05, 0.1) is 29.6 Å². The van der Waals surface area contributed by atoms with Crippen molar-refractivity contribution in [2.45, 2.75) is 65.8 Å². The fourth-order valence-electron chi connectivity index (χ4n) is 3.70. The Morgan fingerprint density at radius 1 is 1.21 bits per heavy atom. The first-order chi connectivity index (χ1) is 17.6. The molecule has 38 heavy (non-hydrogen) atoms. The summed E-state index contributed by atoms with van der Waals surface area (Å²) in [7, 11) is -0.644. The van der Waals surface area contributed by atoms with Gasteiger partial charge in [0, 0.05) is 18.2 Å². The molecule has 0 fully saturated rings. The van der Waals surface area contributed by atoms with E-state index in [1.165, 1.54) is 11.9 Å². The molecule has 0 saturated heterocycles. The number of aromatic nitrogens is 3. The van der Waals surface area contributed by atoms with Crippen molar-refractivity contribution in [2.24, 2.45) is 0 Å². The van der Waals surface area contributed by atoms with Crippen molar-refractivity contribution in [1.29, 1.82) is 0 Å². The van der Waals surface area contributed by atoms with Crippen LogP contribution in [0.15, 0.2) is 28.8 Å². The summed E-state index contributed by atoms with van der Waals surface area (Å²) in [5.41, 5.74) is 3.66. The van der Waals surface area contributed by atoms with Crippen LogP contribution in [0.5, 0.6) is 5.75 Å². The average Bonchev–Trinajstić information content (AvgIpc) is 3.16. The van der Waals surface area contributed by atoms with Crippen molar-refractivity contribution in [3.8, 4) is 28.4 Å². The number of aryl methyl sites for hydroxylation is 2. The SMILES string of the molecule is Cc1noc(C)c1-c1nc(-c2cccc(OC[C@@H](CN(C)C(=O)O)O[Si](C)(C)C(C)(C)C)c2)nc(Cl)c1C. The maximum Gasteiger partial charge on any atom is 0.407 e. The molecule has 3 rings (SSSR count). The van der Waals surface area contributed by atoms with Gasteiger partial charge in [-0.15, -0.1) is 0 Å². The molecule has 0 bridgehead atoms. The predicted octanol–water partition coefficient (Wildman–Crippen LogP) is 6.76. The number of hydrogen-bond donors (Lipinski definition) is 1. The highest BCUT2D eigenvalue weighted by Gasteiger charge is 2.39. The maximum absolute atomic E-state index is 11.5. The molecule has 1 aromatic carbocycles. The van der Waals surface area contributed by atoms with E-state index in [9.17, 15) is 9.90 Å². The molecule has 9 nitrogen and oxygen atoms in total. The van der Waals surface area contributed by atoms with Crippen LogP contribution in [0.1, 0.15) is 37.8 Å². The highest BCUT2D eigenvalue weighted by Crippen LogP contribution is 2.38. The highest BCUT2D eigenvalue weighted by molar-refractivity contribution is 6.74. The molecule has 0 radical (unpaired) electrons. The lowest BCUT2D eigenvalue weighted by Gasteiger charge is -2.39. The van der Waals surface area contributed by atoms with Gasteiger partial charge in [-0.2, -0.15) is 0 Å². The molecule has 0 aliphatic carbocycles. The van der Waals surface area contributed by atoms with Crippen molar-refractivity contribution < 1.29 is 23.6 Å². The van der Waals surface area contributed by atoms with Crippen LogP contribution in [-0.2, 0) is 4.43 Å². The van der Waals surface area contributed by atoms with Crippen LogP contribution in [0, 0.1) is 20.8 Å². The first-order valence-corrected chi connectivity index (χ1v) is 15.7. The number of likely N-dealkylation sites (N-methyl/N-ethyl adjacent to an activating group) is 1. The van der Waals surface area contributed by atoms with Crippen LogP contribution in [0.2, 0.25) is 23.3 Å². The maximum atomic E-state index is 11.5. The van der Waals surface area contributed by atoms with E-state index < -0.39 is 20.5 Å². The van der Waals surface area contributed by atoms with Gasteiger partial charge in [-0.3, -0.25) is 0 Å². The van der Waals surface area contributed by atoms with Crippen LogP contribution in [0.25, 0.3) is 22.6 Å². The number of halogens is 1. The smallest absolute Gasteiger partial charge is 0.407 e. The third-order valence-electron chi connectivity index (χ3n) is 6.96. The van der Waals surface area contributed by atoms with E-state index in [-0.39, 0.29) is 18.2 Å². The topological polar surface area (TPSA) is 111 Å². The van der Waals surface area contributed by atoms with E-state index in [1.807, 2.05) is 45.0 Å². The molecule has 0 aliphatic rings. The molecule has 0 spiro atoms. The van der Waals surface area contributed by atoms with E-state index in [0.29, 0.717) is 28.2 Å². The molecule has 11 heteroatoms. The monoisotopic (exact) mass is 560 g/mol. The standard InChI is InChI=1S/C27H37ClN4O5Si/c1-16-23(22-17(2)31-36-18(22)3)29-25(30-24(16)28)19-11-10-12-20(13-19)35-15-21(14-32(7)26(33)34)37-38(8,9)27(4,5)6/h10-13,21H,14-15H2,1-9H3,(H,33,34)/t21-/m1/s1. The molecule has 1 atom stereocenters. The number of benzene rings is 1. The fraction of sp³-hybridized carbons (Fsp3) is 0.481. The molecule has 3 aromatic rings. The summed E-state index contributed by atoms with van der Waals surface area (Å²) in [6.45, 7) is 16.6. The van der Waals surface area contributed by atoms with Gasteiger partial charge < -0.3 is 23.7 Å². The van der Waals surface area contributed by atoms with Gasteiger partial charge in [-0.1, -0.05) is 49.7 Å². The van der Waals surface area contributed by atoms with Crippen LogP contribution < -0.4 is 4.74 Å². The Labute approximate surface area is 230 Å². The Bertz CT molecular complexity index is 1290. The summed E-state index contributed by atoms with van der Waals surface area (Å²) < 4.78 is 18.0. The van der Waals surface area contributed by atoms with Gasteiger partial charge in [0.15, 0.2) is 14.1 Å². The third kappa shape index (κ3) is 6.72. The van der Waals surface area contributed by atoms with E-state index >= 15 is 0 Å². The lowest BCUT2D eigenvalue weighted by molar-refractivity contribution is 0.0794. The Hall–Kier alpha value is -2.95. The minimum atomic E-state index is -2.17. The summed E-state index contributed by atoms with van der Waals surface area (Å²) in [5.74, 6) is 1.69. The summed E-state index contributed by atoms with van der Waals surface area (Å²) in [6.07, 6.45) is -1.45. The van der Waals surface area contributed by atoms with Crippen molar-refractivity contribution in [1.82, 2.24) is 20.0 Å². The lowest BCUT2D eigenvalue weighted by Crippen LogP contribution is -2.49. The predicted molar refractivity (Wildman–Crippen MR) is 150 cm³/mol. The quantitative estimate of drug-likeness (QED) is 0.226. The molecule has 206 valence electrons. The van der Waals surface area contributed by atoms with Crippen molar-refractivity contribution in [3.05, 3.63) is 46.4 Å². The molecule has 2 aromatic heterocycles. The van der Waals surface area contributed by atoms with Gasteiger partial charge in [-0.25, -0.2) is 14.8 Å². The Balaban J connectivity index is 1.88. The van der Waals surface area contributed by atoms with Crippen molar-refractivity contribution >= 4 is 26.0 Å². The molecule has 2 heterocycles. The summed E-state index contributed by atoms with van der Waals surface area (Å²) in [6, 6.07) is 7.40. The van der Waals surface area contributed by atoms with E-state index in [4.69, 9.17) is 30.3 Å². The van der Waals surface area contributed by atoms with E-state index in [2.05, 4.69) is 44.0 Å². The zero-order valence-electron chi connectivity index (χ0n) is 23.5. The zero-order valence-corrected chi connectivity index (χ0v) is 25.3. The minimum Gasteiger partial charge on any atom is -0.491 e. The lowest BCUT2D eigenvalue weighted by atomic mass is 10.1. The van der Waals surface area contributed by atoms with E-state index in [0.717, 1.165) is 22.4 Å². The first-order valence-electron chi connectivity index (χ1n) is 12.4. The van der Waals surface area contributed by atoms with Crippen LogP contribution >= 0.6 is 11.6 Å². The van der Waals surface area contributed by atoms with Gasteiger partial charge in [0.25, 0.3) is 0 Å². The average molecular weight is 561 g/mol. The molecule has 1 N–H and O–H groups in total. The second kappa shape index (κ2) is 11.4. The van der Waals surface area contributed by atoms with Gasteiger partial charge in [-0.05, 0) is 51.0 Å². The third-order valence-corrected chi connectivity index (χ3v) is 11.9. The Morgan fingerprint density at radius 2 is 1.89 bits per heavy atom. The van der Waals surface area contributed by atoms with Gasteiger partial charge in [0.2, 0.25) is 0 Å².